The van der Waals surface area contributed by atoms with E-state index in [0.29, 0.717) is 0 Å². The Bertz CT molecular complexity index is 1630. The van der Waals surface area contributed by atoms with Crippen molar-refractivity contribution in [2.45, 2.75) is 6.04 Å². The summed E-state index contributed by atoms with van der Waals surface area (Å²) in [7, 11) is 3.91. The maximum atomic E-state index is 5.09. The quantitative estimate of drug-likeness (QED) is 0.202. The highest BCUT2D eigenvalue weighted by Gasteiger charge is 2.21. The molecule has 4 nitrogen and oxygen atoms in total. The molecular weight excluding hydrogens is 488 g/mol. The van der Waals surface area contributed by atoms with E-state index in [1.54, 1.807) is 0 Å². The molecule has 0 fully saturated rings. The second-order valence-electron chi connectivity index (χ2n) is 9.87. The number of anilines is 2. The summed E-state index contributed by atoms with van der Waals surface area (Å²) in [5.41, 5.74) is 12.0. The number of hydrogen-bond acceptors (Lipinski definition) is 4. The number of rotatable bonds is 7. The van der Waals surface area contributed by atoms with Gasteiger partial charge in [0.15, 0.2) is 0 Å². The molecule has 3 N–H and O–H groups in total. The van der Waals surface area contributed by atoms with Crippen molar-refractivity contribution >= 4 is 22.6 Å². The number of dihydropyridines is 1. The number of nitrogens with one attached hydrogen (secondary N) is 3. The smallest absolute Gasteiger partial charge is 0.0713 e. The third kappa shape index (κ3) is 5.38. The molecule has 0 spiro atoms. The summed E-state index contributed by atoms with van der Waals surface area (Å²) in [5.74, 6) is 0. The Hall–Kier alpha value is -5.09. The minimum atomic E-state index is -0.0561. The summed E-state index contributed by atoms with van der Waals surface area (Å²) in [6.45, 7) is 0. The van der Waals surface area contributed by atoms with Crippen molar-refractivity contribution in [2.75, 3.05) is 24.7 Å². The second kappa shape index (κ2) is 11.3. The molecule has 0 bridgehead atoms. The summed E-state index contributed by atoms with van der Waals surface area (Å²) in [6.07, 6.45) is 4.57. The van der Waals surface area contributed by atoms with E-state index in [9.17, 15) is 0 Å². The Morgan fingerprint density at radius 3 is 1.68 bits per heavy atom. The lowest BCUT2D eigenvalue weighted by molar-refractivity contribution is 0.766. The van der Waals surface area contributed by atoms with Gasteiger partial charge in [0.2, 0.25) is 0 Å². The van der Waals surface area contributed by atoms with Crippen molar-refractivity contribution in [3.05, 3.63) is 150 Å². The van der Waals surface area contributed by atoms with Gasteiger partial charge in [0.25, 0.3) is 0 Å². The second-order valence-corrected chi connectivity index (χ2v) is 9.87. The number of aromatic nitrogens is 1. The molecule has 40 heavy (non-hydrogen) atoms. The van der Waals surface area contributed by atoms with E-state index in [1.807, 2.05) is 26.2 Å². The van der Waals surface area contributed by atoms with Gasteiger partial charge in [-0.15, -0.1) is 0 Å². The first-order valence-electron chi connectivity index (χ1n) is 13.6. The molecule has 1 unspecified atom stereocenters. The van der Waals surface area contributed by atoms with Crippen LogP contribution in [0, 0.1) is 0 Å². The molecule has 1 aliphatic heterocycles. The van der Waals surface area contributed by atoms with E-state index in [1.165, 1.54) is 11.1 Å². The summed E-state index contributed by atoms with van der Waals surface area (Å²) in [4.78, 5) is 5.09. The average Bonchev–Trinajstić information content (AvgIpc) is 3.05. The van der Waals surface area contributed by atoms with E-state index in [0.717, 1.165) is 50.7 Å². The summed E-state index contributed by atoms with van der Waals surface area (Å²) in [5, 5.41) is 10.4. The van der Waals surface area contributed by atoms with Crippen LogP contribution in [0.25, 0.3) is 33.8 Å². The Labute approximate surface area is 236 Å². The third-order valence-corrected chi connectivity index (χ3v) is 7.25. The molecule has 4 aromatic carbocycles. The summed E-state index contributed by atoms with van der Waals surface area (Å²) in [6, 6.07) is 42.2. The molecule has 6 rings (SSSR count). The monoisotopic (exact) mass is 520 g/mol. The van der Waals surface area contributed by atoms with E-state index in [2.05, 4.69) is 137 Å². The highest BCUT2D eigenvalue weighted by Crippen LogP contribution is 2.35. The van der Waals surface area contributed by atoms with Crippen molar-refractivity contribution in [3.8, 4) is 22.5 Å². The van der Waals surface area contributed by atoms with Crippen molar-refractivity contribution in [1.29, 1.82) is 0 Å². The highest BCUT2D eigenvalue weighted by molar-refractivity contribution is 5.87. The maximum Gasteiger partial charge on any atom is 0.0713 e. The first kappa shape index (κ1) is 25.2. The normalized spacial score (nSPS) is 14.5. The zero-order chi connectivity index (χ0) is 27.3. The lowest BCUT2D eigenvalue weighted by Gasteiger charge is -2.27. The van der Waals surface area contributed by atoms with Crippen molar-refractivity contribution < 1.29 is 0 Å². The molecule has 0 saturated carbocycles. The molecule has 0 radical (unpaired) electrons. The van der Waals surface area contributed by atoms with Crippen LogP contribution < -0.4 is 16.0 Å². The SMILES string of the molecule is CNc1cccc(C2=CC(c3cc(-c4ccccc4)nc(-c4ccccc4)c3)NC(c3cccc(NC)c3)=C2)c1. The van der Waals surface area contributed by atoms with Gasteiger partial charge in [-0.3, -0.25) is 0 Å². The van der Waals surface area contributed by atoms with Crippen molar-refractivity contribution in [1.82, 2.24) is 10.3 Å². The van der Waals surface area contributed by atoms with Crippen LogP contribution in [0.3, 0.4) is 0 Å². The fourth-order valence-electron chi connectivity index (χ4n) is 5.10. The van der Waals surface area contributed by atoms with Gasteiger partial charge in [-0.25, -0.2) is 4.98 Å². The van der Waals surface area contributed by atoms with Crippen LogP contribution in [0.4, 0.5) is 11.4 Å². The van der Waals surface area contributed by atoms with Gasteiger partial charge < -0.3 is 16.0 Å². The Balaban J connectivity index is 1.50. The van der Waals surface area contributed by atoms with Crippen molar-refractivity contribution in [3.63, 3.8) is 0 Å². The average molecular weight is 521 g/mol. The van der Waals surface area contributed by atoms with Crippen LogP contribution in [-0.2, 0) is 0 Å². The van der Waals surface area contributed by atoms with Crippen LogP contribution in [0.15, 0.2) is 133 Å². The van der Waals surface area contributed by atoms with E-state index in [-0.39, 0.29) is 6.04 Å². The molecule has 2 heterocycles. The molecule has 196 valence electrons. The van der Waals surface area contributed by atoms with Gasteiger partial charge in [0.05, 0.1) is 17.4 Å². The first-order chi connectivity index (χ1) is 19.7. The number of hydrogen-bond donors (Lipinski definition) is 3. The Morgan fingerprint density at radius 1 is 0.575 bits per heavy atom. The molecule has 4 heteroatoms. The summed E-state index contributed by atoms with van der Waals surface area (Å²) < 4.78 is 0. The molecule has 0 amide bonds. The highest BCUT2D eigenvalue weighted by atomic mass is 14.9. The van der Waals surface area contributed by atoms with Crippen LogP contribution in [0.5, 0.6) is 0 Å². The molecule has 5 aromatic rings. The summed E-state index contributed by atoms with van der Waals surface area (Å²) >= 11 is 0. The van der Waals surface area contributed by atoms with Crippen LogP contribution >= 0.6 is 0 Å². The zero-order valence-electron chi connectivity index (χ0n) is 22.7. The van der Waals surface area contributed by atoms with E-state index >= 15 is 0 Å². The minimum Gasteiger partial charge on any atom is -0.388 e. The lowest BCUT2D eigenvalue weighted by Crippen LogP contribution is -2.22. The maximum absolute atomic E-state index is 5.09. The van der Waals surface area contributed by atoms with Gasteiger partial charge >= 0.3 is 0 Å². The fourth-order valence-corrected chi connectivity index (χ4v) is 5.10. The Morgan fingerprint density at radius 2 is 1.10 bits per heavy atom. The number of nitrogens with zero attached hydrogens (tertiary/aromatic N) is 1. The first-order valence-corrected chi connectivity index (χ1v) is 13.6. The third-order valence-electron chi connectivity index (χ3n) is 7.25. The van der Waals surface area contributed by atoms with Crippen LogP contribution in [0.1, 0.15) is 22.7 Å². The largest absolute Gasteiger partial charge is 0.388 e. The lowest BCUT2D eigenvalue weighted by atomic mass is 9.92. The molecule has 1 aliphatic rings. The number of pyridine rings is 1. The van der Waals surface area contributed by atoms with Gasteiger partial charge in [0, 0.05) is 42.3 Å². The standard InChI is InChI=1S/C36H32N4/c1-37-31-17-9-15-27(19-31)29-21-35(28-16-10-18-32(20-28)38-2)40-36(22-29)30-23-33(25-11-5-3-6-12-25)39-34(24-30)26-13-7-4-8-14-26/h3-24,36-38,40H,1-2H3. The van der Waals surface area contributed by atoms with Gasteiger partial charge in [-0.2, -0.15) is 0 Å². The zero-order valence-corrected chi connectivity index (χ0v) is 22.7. The molecule has 0 aliphatic carbocycles. The topological polar surface area (TPSA) is 49.0 Å². The number of allylic oxidation sites excluding steroid dienone is 2. The molecule has 0 saturated heterocycles. The van der Waals surface area contributed by atoms with Gasteiger partial charge in [-0.05, 0) is 70.8 Å². The number of benzene rings is 4. The van der Waals surface area contributed by atoms with Gasteiger partial charge in [0.1, 0.15) is 0 Å². The van der Waals surface area contributed by atoms with Crippen molar-refractivity contribution in [2.24, 2.45) is 0 Å². The van der Waals surface area contributed by atoms with E-state index in [4.69, 9.17) is 4.98 Å². The van der Waals surface area contributed by atoms with Crippen LogP contribution in [-0.4, -0.2) is 19.1 Å². The molecule has 1 aromatic heterocycles. The van der Waals surface area contributed by atoms with E-state index < -0.39 is 0 Å². The predicted octanol–water partition coefficient (Wildman–Crippen LogP) is 8.27. The molecule has 1 atom stereocenters. The molecular formula is C36H32N4. The fraction of sp³-hybridized carbons (Fsp3) is 0.0833. The van der Waals surface area contributed by atoms with Crippen LogP contribution in [0.2, 0.25) is 0 Å². The predicted molar refractivity (Wildman–Crippen MR) is 169 cm³/mol. The minimum absolute atomic E-state index is 0.0561. The Kier molecular flexibility index (Phi) is 7.14. The van der Waals surface area contributed by atoms with Gasteiger partial charge in [-0.1, -0.05) is 84.9 Å².